The van der Waals surface area contributed by atoms with E-state index < -0.39 is 0 Å². The first-order valence-corrected chi connectivity index (χ1v) is 7.50. The summed E-state index contributed by atoms with van der Waals surface area (Å²) in [6.07, 6.45) is 2.34. The second kappa shape index (κ2) is 6.71. The molecular formula is C17H25N3. The van der Waals surface area contributed by atoms with Gasteiger partial charge in [0, 0.05) is 6.54 Å². The van der Waals surface area contributed by atoms with E-state index in [9.17, 15) is 0 Å². The average Bonchev–Trinajstić information content (AvgIpc) is 2.83. The van der Waals surface area contributed by atoms with Gasteiger partial charge in [0.25, 0.3) is 0 Å². The number of hydrogen-bond acceptors (Lipinski definition) is 2. The molecule has 0 aliphatic heterocycles. The van der Waals surface area contributed by atoms with Crippen molar-refractivity contribution in [1.82, 2.24) is 15.1 Å². The van der Waals surface area contributed by atoms with Crippen molar-refractivity contribution < 1.29 is 0 Å². The largest absolute Gasteiger partial charge is 0.308 e. The summed E-state index contributed by atoms with van der Waals surface area (Å²) >= 11 is 0. The molecule has 0 radical (unpaired) electrons. The lowest BCUT2D eigenvalue weighted by Gasteiger charge is -2.18. The van der Waals surface area contributed by atoms with E-state index >= 15 is 0 Å². The minimum atomic E-state index is 0.201. The Kier molecular flexibility index (Phi) is 4.96. The Bertz CT molecular complexity index is 540. The van der Waals surface area contributed by atoms with Gasteiger partial charge in [-0.05, 0) is 44.5 Å². The third-order valence-corrected chi connectivity index (χ3v) is 3.67. The summed E-state index contributed by atoms with van der Waals surface area (Å²) in [7, 11) is 2.01. The molecular weight excluding hydrogens is 246 g/mol. The van der Waals surface area contributed by atoms with E-state index in [4.69, 9.17) is 0 Å². The van der Waals surface area contributed by atoms with Crippen LogP contribution in [0.5, 0.6) is 0 Å². The molecule has 0 aliphatic rings. The first kappa shape index (κ1) is 14.8. The highest BCUT2D eigenvalue weighted by Gasteiger charge is 2.17. The molecule has 1 atom stereocenters. The predicted octanol–water partition coefficient (Wildman–Crippen LogP) is 3.47. The quantitative estimate of drug-likeness (QED) is 0.872. The fourth-order valence-electron chi connectivity index (χ4n) is 2.70. The zero-order valence-corrected chi connectivity index (χ0v) is 13.0. The Morgan fingerprint density at radius 3 is 2.45 bits per heavy atom. The van der Waals surface area contributed by atoms with Crippen molar-refractivity contribution in [2.45, 2.75) is 46.2 Å². The Balaban J connectivity index is 2.31. The van der Waals surface area contributed by atoms with E-state index in [-0.39, 0.29) is 6.04 Å². The Hall–Kier alpha value is -1.61. The summed E-state index contributed by atoms with van der Waals surface area (Å²) in [6, 6.07) is 11.3. The molecule has 0 saturated heterocycles. The van der Waals surface area contributed by atoms with E-state index in [1.54, 1.807) is 0 Å². The lowest BCUT2D eigenvalue weighted by atomic mass is 10.0. The maximum absolute atomic E-state index is 4.55. The average molecular weight is 271 g/mol. The summed E-state index contributed by atoms with van der Waals surface area (Å²) in [5.74, 6) is 0. The standard InChI is InChI=1S/C17H25N3/c1-5-7-14-8-10-15(11-9-14)17(18-4)16-12-13(3)19-20(16)6-2/h8-12,17-18H,5-7H2,1-4H3. The molecule has 3 nitrogen and oxygen atoms in total. The molecule has 1 N–H and O–H groups in total. The molecule has 2 rings (SSSR count). The third kappa shape index (κ3) is 3.10. The van der Waals surface area contributed by atoms with Crippen molar-refractivity contribution in [3.05, 3.63) is 52.8 Å². The van der Waals surface area contributed by atoms with Crippen LogP contribution in [0.3, 0.4) is 0 Å². The lowest BCUT2D eigenvalue weighted by molar-refractivity contribution is 0.561. The topological polar surface area (TPSA) is 29.9 Å². The van der Waals surface area contributed by atoms with Crippen LogP contribution in [-0.2, 0) is 13.0 Å². The molecule has 1 unspecified atom stereocenters. The second-order valence-corrected chi connectivity index (χ2v) is 5.24. The molecule has 3 heteroatoms. The Morgan fingerprint density at radius 2 is 1.90 bits per heavy atom. The highest BCUT2D eigenvalue weighted by molar-refractivity contribution is 5.31. The molecule has 0 aliphatic carbocycles. The fraction of sp³-hybridized carbons (Fsp3) is 0.471. The maximum Gasteiger partial charge on any atom is 0.0745 e. The van der Waals surface area contributed by atoms with Gasteiger partial charge in [-0.2, -0.15) is 5.10 Å². The van der Waals surface area contributed by atoms with Gasteiger partial charge in [-0.3, -0.25) is 4.68 Å². The van der Waals surface area contributed by atoms with Gasteiger partial charge in [0.1, 0.15) is 0 Å². The molecule has 1 heterocycles. The zero-order valence-electron chi connectivity index (χ0n) is 13.0. The van der Waals surface area contributed by atoms with Crippen LogP contribution in [0.2, 0.25) is 0 Å². The summed E-state index contributed by atoms with van der Waals surface area (Å²) < 4.78 is 2.08. The minimum absolute atomic E-state index is 0.201. The molecule has 0 spiro atoms. The molecule has 0 fully saturated rings. The minimum Gasteiger partial charge on any atom is -0.308 e. The van der Waals surface area contributed by atoms with Gasteiger partial charge in [0.15, 0.2) is 0 Å². The molecule has 0 bridgehead atoms. The highest BCUT2D eigenvalue weighted by atomic mass is 15.3. The van der Waals surface area contributed by atoms with Gasteiger partial charge in [-0.1, -0.05) is 37.6 Å². The van der Waals surface area contributed by atoms with Crippen molar-refractivity contribution in [2.75, 3.05) is 7.05 Å². The predicted molar refractivity (Wildman–Crippen MR) is 84.0 cm³/mol. The molecule has 0 amide bonds. The fourth-order valence-corrected chi connectivity index (χ4v) is 2.70. The highest BCUT2D eigenvalue weighted by Crippen LogP contribution is 2.23. The molecule has 0 saturated carbocycles. The zero-order chi connectivity index (χ0) is 14.5. The number of nitrogens with one attached hydrogen (secondary N) is 1. The van der Waals surface area contributed by atoms with Crippen molar-refractivity contribution in [2.24, 2.45) is 0 Å². The number of nitrogens with zero attached hydrogens (tertiary/aromatic N) is 2. The number of aromatic nitrogens is 2. The first-order valence-electron chi connectivity index (χ1n) is 7.50. The van der Waals surface area contributed by atoms with Gasteiger partial charge in [-0.25, -0.2) is 0 Å². The normalized spacial score (nSPS) is 12.6. The van der Waals surface area contributed by atoms with E-state index in [0.717, 1.165) is 18.7 Å². The maximum atomic E-state index is 4.55. The summed E-state index contributed by atoms with van der Waals surface area (Å²) in [5, 5.41) is 7.96. The Labute approximate surface area is 122 Å². The van der Waals surface area contributed by atoms with E-state index in [1.165, 1.54) is 23.2 Å². The van der Waals surface area contributed by atoms with Crippen molar-refractivity contribution >= 4 is 0 Å². The van der Waals surface area contributed by atoms with Crippen molar-refractivity contribution in [3.63, 3.8) is 0 Å². The lowest BCUT2D eigenvalue weighted by Crippen LogP contribution is -2.21. The van der Waals surface area contributed by atoms with Crippen LogP contribution in [0, 0.1) is 6.92 Å². The molecule has 108 valence electrons. The van der Waals surface area contributed by atoms with Crippen LogP contribution in [0.15, 0.2) is 30.3 Å². The summed E-state index contributed by atoms with van der Waals surface area (Å²) in [5.41, 5.74) is 5.01. The number of hydrogen-bond donors (Lipinski definition) is 1. The first-order chi connectivity index (χ1) is 9.69. The van der Waals surface area contributed by atoms with Gasteiger partial charge in [-0.15, -0.1) is 0 Å². The number of aryl methyl sites for hydroxylation is 3. The van der Waals surface area contributed by atoms with Crippen LogP contribution in [0.4, 0.5) is 0 Å². The van der Waals surface area contributed by atoms with Gasteiger partial charge < -0.3 is 5.32 Å². The van der Waals surface area contributed by atoms with Gasteiger partial charge in [0.05, 0.1) is 17.4 Å². The van der Waals surface area contributed by atoms with Crippen molar-refractivity contribution in [1.29, 1.82) is 0 Å². The van der Waals surface area contributed by atoms with E-state index in [2.05, 4.69) is 59.3 Å². The van der Waals surface area contributed by atoms with Crippen LogP contribution in [0.1, 0.15) is 48.8 Å². The summed E-state index contributed by atoms with van der Waals surface area (Å²) in [6.45, 7) is 7.29. The SMILES string of the molecule is CCCc1ccc(C(NC)c2cc(C)nn2CC)cc1. The number of rotatable bonds is 6. The monoisotopic (exact) mass is 271 g/mol. The van der Waals surface area contributed by atoms with Crippen LogP contribution >= 0.6 is 0 Å². The summed E-state index contributed by atoms with van der Waals surface area (Å²) in [4.78, 5) is 0. The van der Waals surface area contributed by atoms with Gasteiger partial charge in [0.2, 0.25) is 0 Å². The van der Waals surface area contributed by atoms with Crippen LogP contribution in [-0.4, -0.2) is 16.8 Å². The molecule has 20 heavy (non-hydrogen) atoms. The third-order valence-electron chi connectivity index (χ3n) is 3.67. The van der Waals surface area contributed by atoms with E-state index in [0.29, 0.717) is 0 Å². The molecule has 2 aromatic rings. The van der Waals surface area contributed by atoms with Crippen LogP contribution < -0.4 is 5.32 Å². The Morgan fingerprint density at radius 1 is 1.20 bits per heavy atom. The van der Waals surface area contributed by atoms with Gasteiger partial charge >= 0.3 is 0 Å². The van der Waals surface area contributed by atoms with Crippen molar-refractivity contribution in [3.8, 4) is 0 Å². The smallest absolute Gasteiger partial charge is 0.0745 e. The second-order valence-electron chi connectivity index (χ2n) is 5.24. The van der Waals surface area contributed by atoms with E-state index in [1.807, 2.05) is 14.0 Å². The van der Waals surface area contributed by atoms with Crippen LogP contribution in [0.25, 0.3) is 0 Å². The molecule has 1 aromatic carbocycles. The molecule has 1 aromatic heterocycles. The number of benzene rings is 1.